The van der Waals surface area contributed by atoms with Gasteiger partial charge < -0.3 is 10.4 Å². The molecule has 1 rings (SSSR count). The lowest BCUT2D eigenvalue weighted by Gasteiger charge is -2.21. The van der Waals surface area contributed by atoms with Crippen molar-refractivity contribution < 1.29 is 9.90 Å². The molecule has 0 saturated heterocycles. The molecule has 0 aliphatic rings. The van der Waals surface area contributed by atoms with Crippen LogP contribution in [0.25, 0.3) is 0 Å². The summed E-state index contributed by atoms with van der Waals surface area (Å²) >= 11 is 0. The van der Waals surface area contributed by atoms with Crippen molar-refractivity contribution in [2.45, 2.75) is 46.0 Å². The summed E-state index contributed by atoms with van der Waals surface area (Å²) in [4.78, 5) is 10.4. The number of aliphatic carboxylic acids is 1. The van der Waals surface area contributed by atoms with Gasteiger partial charge in [0.25, 0.3) is 0 Å². The molecule has 3 nitrogen and oxygen atoms in total. The maximum Gasteiger partial charge on any atom is 0.303 e. The van der Waals surface area contributed by atoms with Crippen LogP contribution in [0.5, 0.6) is 0 Å². The van der Waals surface area contributed by atoms with Crippen molar-refractivity contribution in [3.05, 3.63) is 29.3 Å². The number of aryl methyl sites for hydroxylation is 1. The summed E-state index contributed by atoms with van der Waals surface area (Å²) in [7, 11) is 0. The fourth-order valence-electron chi connectivity index (χ4n) is 1.79. The molecule has 0 aromatic heterocycles. The van der Waals surface area contributed by atoms with Crippen LogP contribution in [0.2, 0.25) is 0 Å². The Hall–Kier alpha value is -1.51. The molecule has 0 unspecified atom stereocenters. The van der Waals surface area contributed by atoms with Gasteiger partial charge >= 0.3 is 5.97 Å². The Morgan fingerprint density at radius 3 is 2.50 bits per heavy atom. The molecule has 1 aromatic rings. The maximum atomic E-state index is 10.4. The Labute approximate surface area is 109 Å². The zero-order valence-electron chi connectivity index (χ0n) is 11.7. The highest BCUT2D eigenvalue weighted by atomic mass is 16.4. The van der Waals surface area contributed by atoms with E-state index in [-0.39, 0.29) is 11.8 Å². The highest BCUT2D eigenvalue weighted by Gasteiger charge is 2.14. The van der Waals surface area contributed by atoms with Crippen molar-refractivity contribution in [2.24, 2.45) is 0 Å². The van der Waals surface area contributed by atoms with Crippen LogP contribution >= 0.6 is 0 Å². The maximum absolute atomic E-state index is 10.4. The molecule has 0 heterocycles. The van der Waals surface area contributed by atoms with Crippen molar-refractivity contribution in [1.29, 1.82) is 0 Å². The summed E-state index contributed by atoms with van der Waals surface area (Å²) in [6, 6.07) is 6.41. The normalized spacial score (nSPS) is 11.3. The minimum Gasteiger partial charge on any atom is -0.481 e. The van der Waals surface area contributed by atoms with E-state index in [4.69, 9.17) is 5.11 Å². The van der Waals surface area contributed by atoms with Crippen LogP contribution in [0.4, 0.5) is 5.69 Å². The SMILES string of the molecule is Cc1cc(C(C)(C)C)ccc1NCCCC(=O)O. The van der Waals surface area contributed by atoms with Gasteiger partial charge in [-0.25, -0.2) is 0 Å². The zero-order valence-corrected chi connectivity index (χ0v) is 11.7. The fourth-order valence-corrected chi connectivity index (χ4v) is 1.79. The first kappa shape index (κ1) is 14.6. The monoisotopic (exact) mass is 249 g/mol. The highest BCUT2D eigenvalue weighted by molar-refractivity contribution is 5.66. The quantitative estimate of drug-likeness (QED) is 0.784. The smallest absolute Gasteiger partial charge is 0.303 e. The zero-order chi connectivity index (χ0) is 13.8. The predicted molar refractivity (Wildman–Crippen MR) is 75.2 cm³/mol. The molecule has 0 aliphatic heterocycles. The van der Waals surface area contributed by atoms with Crippen LogP contribution in [0.1, 0.15) is 44.7 Å². The average molecular weight is 249 g/mol. The topological polar surface area (TPSA) is 49.3 Å². The molecule has 0 radical (unpaired) electrons. The van der Waals surface area contributed by atoms with Crippen LogP contribution in [-0.2, 0) is 10.2 Å². The first-order valence-electron chi connectivity index (χ1n) is 6.37. The van der Waals surface area contributed by atoms with Crippen LogP contribution in [0.3, 0.4) is 0 Å². The third-order valence-corrected chi connectivity index (χ3v) is 2.98. The van der Waals surface area contributed by atoms with Gasteiger partial charge in [0.15, 0.2) is 0 Å². The van der Waals surface area contributed by atoms with Crippen molar-refractivity contribution in [2.75, 3.05) is 11.9 Å². The largest absolute Gasteiger partial charge is 0.481 e. The first-order valence-corrected chi connectivity index (χ1v) is 6.37. The summed E-state index contributed by atoms with van der Waals surface area (Å²) in [6.45, 7) is 9.36. The molecule has 0 aliphatic carbocycles. The Balaban J connectivity index is 2.60. The van der Waals surface area contributed by atoms with Crippen molar-refractivity contribution in [3.8, 4) is 0 Å². The first-order chi connectivity index (χ1) is 8.30. The molecular formula is C15H23NO2. The van der Waals surface area contributed by atoms with Crippen LogP contribution in [0.15, 0.2) is 18.2 Å². The van der Waals surface area contributed by atoms with Crippen LogP contribution < -0.4 is 5.32 Å². The molecule has 0 bridgehead atoms. The molecule has 3 heteroatoms. The number of carboxylic acid groups (broad SMARTS) is 1. The lowest BCUT2D eigenvalue weighted by molar-refractivity contribution is -0.137. The second-order valence-electron chi connectivity index (χ2n) is 5.70. The Morgan fingerprint density at radius 2 is 2.00 bits per heavy atom. The molecule has 0 amide bonds. The third kappa shape index (κ3) is 4.40. The molecule has 18 heavy (non-hydrogen) atoms. The Bertz CT molecular complexity index is 419. The highest BCUT2D eigenvalue weighted by Crippen LogP contribution is 2.26. The number of nitrogens with one attached hydrogen (secondary N) is 1. The molecule has 100 valence electrons. The van der Waals surface area contributed by atoms with E-state index in [1.807, 2.05) is 0 Å². The molecule has 0 saturated carbocycles. The minimum absolute atomic E-state index is 0.159. The summed E-state index contributed by atoms with van der Waals surface area (Å²) in [5.41, 5.74) is 3.77. The Morgan fingerprint density at radius 1 is 1.33 bits per heavy atom. The van der Waals surface area contributed by atoms with E-state index in [0.717, 1.165) is 5.69 Å². The second kappa shape index (κ2) is 5.89. The minimum atomic E-state index is -0.739. The second-order valence-corrected chi connectivity index (χ2v) is 5.70. The lowest BCUT2D eigenvalue weighted by atomic mass is 9.86. The third-order valence-electron chi connectivity index (χ3n) is 2.98. The van der Waals surface area contributed by atoms with E-state index in [0.29, 0.717) is 13.0 Å². The molecule has 1 aromatic carbocycles. The van der Waals surface area contributed by atoms with Gasteiger partial charge in [-0.1, -0.05) is 32.9 Å². The predicted octanol–water partition coefficient (Wildman–Crippen LogP) is 3.57. The van der Waals surface area contributed by atoms with Gasteiger partial charge in [-0.15, -0.1) is 0 Å². The van der Waals surface area contributed by atoms with Crippen LogP contribution in [0, 0.1) is 6.92 Å². The van der Waals surface area contributed by atoms with Crippen molar-refractivity contribution >= 4 is 11.7 Å². The standard InChI is InChI=1S/C15H23NO2/c1-11-10-12(15(2,3)4)7-8-13(11)16-9-5-6-14(17)18/h7-8,10,16H,5-6,9H2,1-4H3,(H,17,18). The summed E-state index contributed by atoms with van der Waals surface area (Å²) in [6.07, 6.45) is 0.863. The number of carboxylic acids is 1. The number of hydrogen-bond acceptors (Lipinski definition) is 2. The van der Waals surface area contributed by atoms with Crippen molar-refractivity contribution in [1.82, 2.24) is 0 Å². The summed E-state index contributed by atoms with van der Waals surface area (Å²) in [5.74, 6) is -0.739. The van der Waals surface area contributed by atoms with Gasteiger partial charge in [0, 0.05) is 18.7 Å². The van der Waals surface area contributed by atoms with E-state index in [1.54, 1.807) is 0 Å². The van der Waals surface area contributed by atoms with E-state index in [2.05, 4.69) is 51.2 Å². The number of carbonyl (C=O) groups is 1. The number of anilines is 1. The van der Waals surface area contributed by atoms with Crippen molar-refractivity contribution in [3.63, 3.8) is 0 Å². The molecule has 0 fully saturated rings. The van der Waals surface area contributed by atoms with E-state index in [1.165, 1.54) is 11.1 Å². The van der Waals surface area contributed by atoms with Crippen LogP contribution in [-0.4, -0.2) is 17.6 Å². The summed E-state index contributed by atoms with van der Waals surface area (Å²) in [5, 5.41) is 11.8. The van der Waals surface area contributed by atoms with Gasteiger partial charge in [0.1, 0.15) is 0 Å². The van der Waals surface area contributed by atoms with E-state index in [9.17, 15) is 4.79 Å². The summed E-state index contributed by atoms with van der Waals surface area (Å²) < 4.78 is 0. The average Bonchev–Trinajstić information content (AvgIpc) is 2.24. The molecule has 0 spiro atoms. The molecular weight excluding hydrogens is 226 g/mol. The van der Waals surface area contributed by atoms with E-state index >= 15 is 0 Å². The molecule has 0 atom stereocenters. The van der Waals surface area contributed by atoms with E-state index < -0.39 is 5.97 Å². The Kier molecular flexibility index (Phi) is 4.76. The number of benzene rings is 1. The van der Waals surface area contributed by atoms with Gasteiger partial charge in [-0.3, -0.25) is 4.79 Å². The van der Waals surface area contributed by atoms with Gasteiger partial charge in [0.2, 0.25) is 0 Å². The van der Waals surface area contributed by atoms with Gasteiger partial charge in [-0.05, 0) is 36.0 Å². The molecule has 2 N–H and O–H groups in total. The number of rotatable bonds is 5. The van der Waals surface area contributed by atoms with Gasteiger partial charge in [0.05, 0.1) is 0 Å². The number of hydrogen-bond donors (Lipinski definition) is 2. The van der Waals surface area contributed by atoms with Gasteiger partial charge in [-0.2, -0.15) is 0 Å². The fraction of sp³-hybridized carbons (Fsp3) is 0.533. The lowest BCUT2D eigenvalue weighted by Crippen LogP contribution is -2.12.